The zero-order valence-electron chi connectivity index (χ0n) is 20.0. The number of aliphatic hydroxyl groups is 1. The summed E-state index contributed by atoms with van der Waals surface area (Å²) in [5, 5.41) is 11.5. The number of benzene rings is 1. The summed E-state index contributed by atoms with van der Waals surface area (Å²) in [4.78, 5) is 30.5. The Morgan fingerprint density at radius 2 is 1.94 bits per heavy atom. The van der Waals surface area contributed by atoms with Crippen LogP contribution in [0, 0.1) is 6.92 Å². The molecule has 1 aromatic carbocycles. The van der Waals surface area contributed by atoms with Crippen LogP contribution in [0.4, 0.5) is 0 Å². The number of ether oxygens (including phenoxy) is 1. The van der Waals surface area contributed by atoms with E-state index in [-0.39, 0.29) is 11.3 Å². The first-order chi connectivity index (χ1) is 16.4. The van der Waals surface area contributed by atoms with Crippen molar-refractivity contribution < 1.29 is 28.3 Å². The molecular weight excluding hydrogens is 436 g/mol. The molecule has 1 aliphatic rings. The van der Waals surface area contributed by atoms with Gasteiger partial charge in [0.25, 0.3) is 5.91 Å². The van der Waals surface area contributed by atoms with Crippen LogP contribution in [-0.2, 0) is 4.79 Å². The molecular formula is C26H30N2O6. The monoisotopic (exact) mass is 466 g/mol. The molecule has 0 unspecified atom stereocenters. The van der Waals surface area contributed by atoms with E-state index >= 15 is 0 Å². The van der Waals surface area contributed by atoms with Crippen molar-refractivity contribution in [3.63, 3.8) is 0 Å². The highest BCUT2D eigenvalue weighted by atomic mass is 16.5. The number of carbonyl (C=O) groups excluding carboxylic acids is 2. The number of aliphatic hydroxyl groups excluding tert-OH is 1. The highest BCUT2D eigenvalue weighted by Gasteiger charge is 2.45. The third-order valence-corrected chi connectivity index (χ3v) is 6.30. The summed E-state index contributed by atoms with van der Waals surface area (Å²) >= 11 is 0. The van der Waals surface area contributed by atoms with Gasteiger partial charge in [0, 0.05) is 11.9 Å². The Morgan fingerprint density at radius 3 is 2.59 bits per heavy atom. The summed E-state index contributed by atoms with van der Waals surface area (Å²) in [6.07, 6.45) is 0.695. The molecule has 3 heterocycles. The second kappa shape index (κ2) is 9.77. The molecule has 0 radical (unpaired) electrons. The molecule has 1 amide bonds. The minimum atomic E-state index is -0.833. The number of fused-ring (bicyclic) bond motifs is 1. The van der Waals surface area contributed by atoms with E-state index in [0.29, 0.717) is 41.2 Å². The molecule has 180 valence electrons. The van der Waals surface area contributed by atoms with Crippen LogP contribution < -0.4 is 4.74 Å². The second-order valence-electron chi connectivity index (χ2n) is 8.31. The van der Waals surface area contributed by atoms with Crippen LogP contribution in [-0.4, -0.2) is 59.9 Å². The van der Waals surface area contributed by atoms with Gasteiger partial charge in [-0.25, -0.2) is 0 Å². The van der Waals surface area contributed by atoms with Crippen molar-refractivity contribution in [3.05, 3.63) is 65.0 Å². The molecule has 4 rings (SSSR count). The molecule has 0 saturated carbocycles. The van der Waals surface area contributed by atoms with E-state index in [2.05, 4.69) is 18.7 Å². The standard InChI is InChI=1S/C26H30N2O6/c1-5-27(6-2)13-8-14-28-22(18-12-11-16(3)33-18)21(24(30)26(28)31)23(29)20-15-17-9-7-10-19(32-4)25(17)34-20/h7,9-12,15,22,30H,5-6,8,13-14H2,1-4H3/t22-/m1/s1. The van der Waals surface area contributed by atoms with Gasteiger partial charge in [0.2, 0.25) is 5.78 Å². The molecule has 1 aliphatic heterocycles. The minimum absolute atomic E-state index is 0.0205. The maximum atomic E-state index is 13.6. The van der Waals surface area contributed by atoms with Crippen LogP contribution >= 0.6 is 0 Å². The minimum Gasteiger partial charge on any atom is -0.503 e. The molecule has 0 saturated heterocycles. The van der Waals surface area contributed by atoms with Crippen molar-refractivity contribution in [2.24, 2.45) is 0 Å². The predicted octanol–water partition coefficient (Wildman–Crippen LogP) is 4.65. The van der Waals surface area contributed by atoms with E-state index in [0.717, 1.165) is 19.6 Å². The number of para-hydroxylation sites is 1. The average Bonchev–Trinajstić information content (AvgIpc) is 3.53. The molecule has 2 aromatic heterocycles. The van der Waals surface area contributed by atoms with Crippen molar-refractivity contribution in [2.75, 3.05) is 33.3 Å². The number of aryl methyl sites for hydroxylation is 1. The van der Waals surface area contributed by atoms with Gasteiger partial charge in [0.15, 0.2) is 22.9 Å². The van der Waals surface area contributed by atoms with Crippen molar-refractivity contribution in [2.45, 2.75) is 33.2 Å². The first-order valence-corrected chi connectivity index (χ1v) is 11.5. The number of carbonyl (C=O) groups is 2. The van der Waals surface area contributed by atoms with Gasteiger partial charge < -0.3 is 28.5 Å². The summed E-state index contributed by atoms with van der Waals surface area (Å²) in [5.74, 6) is -0.128. The Bertz CT molecular complexity index is 1230. The van der Waals surface area contributed by atoms with Gasteiger partial charge >= 0.3 is 0 Å². The predicted molar refractivity (Wildman–Crippen MR) is 127 cm³/mol. The van der Waals surface area contributed by atoms with E-state index in [4.69, 9.17) is 13.6 Å². The van der Waals surface area contributed by atoms with Crippen LogP contribution in [0.2, 0.25) is 0 Å². The van der Waals surface area contributed by atoms with Crippen molar-refractivity contribution >= 4 is 22.7 Å². The highest BCUT2D eigenvalue weighted by molar-refractivity contribution is 6.16. The number of rotatable bonds is 10. The van der Waals surface area contributed by atoms with Gasteiger partial charge in [-0.1, -0.05) is 26.0 Å². The molecule has 1 atom stereocenters. The van der Waals surface area contributed by atoms with Gasteiger partial charge in [-0.05, 0) is 57.2 Å². The van der Waals surface area contributed by atoms with Crippen LogP contribution in [0.3, 0.4) is 0 Å². The Kier molecular flexibility index (Phi) is 6.79. The summed E-state index contributed by atoms with van der Waals surface area (Å²) in [7, 11) is 1.52. The molecule has 8 heteroatoms. The van der Waals surface area contributed by atoms with Crippen LogP contribution in [0.1, 0.15) is 48.4 Å². The quantitative estimate of drug-likeness (QED) is 0.434. The second-order valence-corrected chi connectivity index (χ2v) is 8.31. The number of nitrogens with zero attached hydrogens (tertiary/aromatic N) is 2. The first kappa shape index (κ1) is 23.6. The Morgan fingerprint density at radius 1 is 1.18 bits per heavy atom. The van der Waals surface area contributed by atoms with Gasteiger partial charge in [-0.3, -0.25) is 9.59 Å². The normalized spacial score (nSPS) is 16.3. The lowest BCUT2D eigenvalue weighted by Gasteiger charge is -2.26. The Labute approximate surface area is 198 Å². The summed E-state index contributed by atoms with van der Waals surface area (Å²) < 4.78 is 17.0. The van der Waals surface area contributed by atoms with E-state index < -0.39 is 23.5 Å². The molecule has 0 spiro atoms. The Hall–Kier alpha value is -3.52. The zero-order chi connectivity index (χ0) is 24.4. The first-order valence-electron chi connectivity index (χ1n) is 11.5. The van der Waals surface area contributed by atoms with Gasteiger partial charge in [-0.2, -0.15) is 0 Å². The lowest BCUT2D eigenvalue weighted by Crippen LogP contribution is -2.34. The average molecular weight is 467 g/mol. The zero-order valence-corrected chi connectivity index (χ0v) is 20.0. The summed E-state index contributed by atoms with van der Waals surface area (Å²) in [6.45, 7) is 8.96. The number of amides is 1. The Balaban J connectivity index is 1.69. The van der Waals surface area contributed by atoms with E-state index in [9.17, 15) is 14.7 Å². The topological polar surface area (TPSA) is 96.4 Å². The fraction of sp³-hybridized carbons (Fsp3) is 0.385. The van der Waals surface area contributed by atoms with Crippen LogP contribution in [0.5, 0.6) is 5.75 Å². The smallest absolute Gasteiger partial charge is 0.290 e. The SMILES string of the molecule is CCN(CC)CCCN1C(=O)C(O)=C(C(=O)c2cc3cccc(OC)c3o2)[C@H]1c1ccc(C)o1. The number of methoxy groups -OCH3 is 1. The van der Waals surface area contributed by atoms with E-state index in [1.165, 1.54) is 12.0 Å². The van der Waals surface area contributed by atoms with Gasteiger partial charge in [0.05, 0.1) is 12.7 Å². The number of furan rings is 2. The number of Topliss-reactive ketones (excluding diaryl/α,β-unsaturated/α-hetero) is 1. The largest absolute Gasteiger partial charge is 0.503 e. The number of ketones is 1. The van der Waals surface area contributed by atoms with Gasteiger partial charge in [0.1, 0.15) is 17.6 Å². The highest BCUT2D eigenvalue weighted by Crippen LogP contribution is 2.40. The lowest BCUT2D eigenvalue weighted by molar-refractivity contribution is -0.129. The fourth-order valence-electron chi connectivity index (χ4n) is 4.46. The van der Waals surface area contributed by atoms with Crippen molar-refractivity contribution in [1.82, 2.24) is 9.80 Å². The maximum Gasteiger partial charge on any atom is 0.290 e. The third-order valence-electron chi connectivity index (χ3n) is 6.30. The lowest BCUT2D eigenvalue weighted by atomic mass is 9.99. The van der Waals surface area contributed by atoms with Crippen LogP contribution in [0.25, 0.3) is 11.0 Å². The van der Waals surface area contributed by atoms with E-state index in [1.807, 2.05) is 0 Å². The van der Waals surface area contributed by atoms with E-state index in [1.54, 1.807) is 43.3 Å². The summed E-state index contributed by atoms with van der Waals surface area (Å²) in [5.41, 5.74) is 0.388. The molecule has 3 aromatic rings. The summed E-state index contributed by atoms with van der Waals surface area (Å²) in [6, 6.07) is 9.61. The molecule has 0 fully saturated rings. The van der Waals surface area contributed by atoms with Crippen molar-refractivity contribution in [1.29, 1.82) is 0 Å². The molecule has 0 bridgehead atoms. The molecule has 34 heavy (non-hydrogen) atoms. The molecule has 8 nitrogen and oxygen atoms in total. The number of hydrogen-bond acceptors (Lipinski definition) is 7. The van der Waals surface area contributed by atoms with Gasteiger partial charge in [-0.15, -0.1) is 0 Å². The van der Waals surface area contributed by atoms with Crippen molar-refractivity contribution in [3.8, 4) is 5.75 Å². The fourth-order valence-corrected chi connectivity index (χ4v) is 4.46. The molecule has 1 N–H and O–H groups in total. The third kappa shape index (κ3) is 4.21. The van der Waals surface area contributed by atoms with Crippen LogP contribution in [0.15, 0.2) is 56.6 Å². The molecule has 0 aliphatic carbocycles. The number of hydrogen-bond donors (Lipinski definition) is 1. The maximum absolute atomic E-state index is 13.6.